The summed E-state index contributed by atoms with van der Waals surface area (Å²) in [6.45, 7) is 7.43. The summed E-state index contributed by atoms with van der Waals surface area (Å²) in [5.41, 5.74) is 2.34. The first-order valence-electron chi connectivity index (χ1n) is 4.82. The molecule has 0 saturated carbocycles. The van der Waals surface area contributed by atoms with E-state index in [1.165, 1.54) is 5.56 Å². The first-order valence-corrected chi connectivity index (χ1v) is 5.61. The first kappa shape index (κ1) is 12.3. The Kier molecular flexibility index (Phi) is 3.59. The van der Waals surface area contributed by atoms with Crippen molar-refractivity contribution >= 4 is 15.9 Å². The fraction of sp³-hybridized carbons (Fsp3) is 0.385. The van der Waals surface area contributed by atoms with Gasteiger partial charge in [-0.15, -0.1) is 0 Å². The van der Waals surface area contributed by atoms with E-state index >= 15 is 0 Å². The maximum atomic E-state index is 9.51. The Morgan fingerprint density at radius 3 is 2.33 bits per heavy atom. The standard InChI is InChI=1S/C13H15BrO/c1-9-7-10(2)12(14)8-11(9)5-6-13(3,4)15/h7-8,15H,1-4H3. The molecule has 0 bridgehead atoms. The van der Waals surface area contributed by atoms with Gasteiger partial charge in [0.05, 0.1) is 0 Å². The molecule has 2 heteroatoms. The predicted molar refractivity (Wildman–Crippen MR) is 66.8 cm³/mol. The van der Waals surface area contributed by atoms with Crippen LogP contribution in [0.2, 0.25) is 0 Å². The van der Waals surface area contributed by atoms with Crippen molar-refractivity contribution in [3.63, 3.8) is 0 Å². The van der Waals surface area contributed by atoms with E-state index in [-0.39, 0.29) is 0 Å². The van der Waals surface area contributed by atoms with Crippen molar-refractivity contribution in [3.05, 3.63) is 33.3 Å². The van der Waals surface area contributed by atoms with Crippen LogP contribution in [0.5, 0.6) is 0 Å². The zero-order chi connectivity index (χ0) is 11.6. The molecule has 0 saturated heterocycles. The fourth-order valence-corrected chi connectivity index (χ4v) is 1.52. The lowest BCUT2D eigenvalue weighted by molar-refractivity contribution is 0.143. The second-order valence-corrected chi connectivity index (χ2v) is 5.08. The van der Waals surface area contributed by atoms with Gasteiger partial charge in [0.25, 0.3) is 0 Å². The topological polar surface area (TPSA) is 20.2 Å². The Hall–Kier alpha value is -0.780. The second-order valence-electron chi connectivity index (χ2n) is 4.23. The molecule has 0 amide bonds. The molecule has 15 heavy (non-hydrogen) atoms. The molecule has 0 aliphatic carbocycles. The van der Waals surface area contributed by atoms with E-state index < -0.39 is 5.60 Å². The molecular formula is C13H15BrO. The molecule has 0 unspecified atom stereocenters. The molecule has 0 fully saturated rings. The summed E-state index contributed by atoms with van der Waals surface area (Å²) in [6, 6.07) is 4.07. The van der Waals surface area contributed by atoms with Crippen molar-refractivity contribution in [1.82, 2.24) is 0 Å². The molecule has 1 aromatic carbocycles. The minimum atomic E-state index is -0.941. The van der Waals surface area contributed by atoms with Gasteiger partial charge in [-0.3, -0.25) is 0 Å². The molecule has 0 heterocycles. The Balaban J connectivity index is 3.15. The molecule has 0 atom stereocenters. The zero-order valence-electron chi connectivity index (χ0n) is 9.48. The number of benzene rings is 1. The van der Waals surface area contributed by atoms with Crippen molar-refractivity contribution in [2.75, 3.05) is 0 Å². The lowest BCUT2D eigenvalue weighted by Crippen LogP contribution is -2.14. The van der Waals surface area contributed by atoms with Gasteiger partial charge in [0.15, 0.2) is 0 Å². The monoisotopic (exact) mass is 266 g/mol. The molecule has 1 rings (SSSR count). The van der Waals surface area contributed by atoms with Gasteiger partial charge in [-0.25, -0.2) is 0 Å². The third-order valence-corrected chi connectivity index (χ3v) is 2.86. The van der Waals surface area contributed by atoms with Crippen molar-refractivity contribution in [3.8, 4) is 11.8 Å². The van der Waals surface area contributed by atoms with Crippen molar-refractivity contribution < 1.29 is 5.11 Å². The van der Waals surface area contributed by atoms with Gasteiger partial charge < -0.3 is 5.11 Å². The number of aryl methyl sites for hydroxylation is 2. The van der Waals surface area contributed by atoms with Gasteiger partial charge in [-0.2, -0.15) is 0 Å². The van der Waals surface area contributed by atoms with Crippen molar-refractivity contribution in [2.45, 2.75) is 33.3 Å². The van der Waals surface area contributed by atoms with E-state index in [0.717, 1.165) is 15.6 Å². The average Bonchev–Trinajstić information content (AvgIpc) is 2.07. The van der Waals surface area contributed by atoms with Crippen LogP contribution in [0.15, 0.2) is 16.6 Å². The number of rotatable bonds is 0. The van der Waals surface area contributed by atoms with Crippen LogP contribution in [0.25, 0.3) is 0 Å². The SMILES string of the molecule is Cc1cc(C)c(C#CC(C)(C)O)cc1Br. The molecule has 80 valence electrons. The number of hydrogen-bond acceptors (Lipinski definition) is 1. The minimum absolute atomic E-state index is 0.941. The Morgan fingerprint density at radius 2 is 1.80 bits per heavy atom. The van der Waals surface area contributed by atoms with E-state index in [9.17, 15) is 5.11 Å². The highest BCUT2D eigenvalue weighted by atomic mass is 79.9. The first-order chi connectivity index (χ1) is 6.79. The Labute approximate surface area is 99.6 Å². The van der Waals surface area contributed by atoms with Crippen LogP contribution in [-0.2, 0) is 0 Å². The summed E-state index contributed by atoms with van der Waals surface area (Å²) >= 11 is 3.47. The third kappa shape index (κ3) is 3.70. The molecule has 0 aromatic heterocycles. The quantitative estimate of drug-likeness (QED) is 0.716. The zero-order valence-corrected chi connectivity index (χ0v) is 11.1. The van der Waals surface area contributed by atoms with Crippen LogP contribution in [0.4, 0.5) is 0 Å². The van der Waals surface area contributed by atoms with Gasteiger partial charge in [0, 0.05) is 10.0 Å². The van der Waals surface area contributed by atoms with Gasteiger partial charge in [-0.1, -0.05) is 33.8 Å². The highest BCUT2D eigenvalue weighted by Gasteiger charge is 2.06. The summed E-state index contributed by atoms with van der Waals surface area (Å²) < 4.78 is 1.05. The number of hydrogen-bond donors (Lipinski definition) is 1. The fourth-order valence-electron chi connectivity index (χ4n) is 1.18. The van der Waals surface area contributed by atoms with E-state index in [1.807, 2.05) is 19.9 Å². The van der Waals surface area contributed by atoms with E-state index in [1.54, 1.807) is 13.8 Å². The molecule has 1 nitrogen and oxygen atoms in total. The molecule has 0 aliphatic rings. The molecule has 0 radical (unpaired) electrons. The minimum Gasteiger partial charge on any atom is -0.378 e. The van der Waals surface area contributed by atoms with Crippen LogP contribution in [0.3, 0.4) is 0 Å². The van der Waals surface area contributed by atoms with Crippen LogP contribution >= 0.6 is 15.9 Å². The lowest BCUT2D eigenvalue weighted by atomic mass is 10.0. The molecular weight excluding hydrogens is 252 g/mol. The van der Waals surface area contributed by atoms with E-state index in [2.05, 4.69) is 33.8 Å². The highest BCUT2D eigenvalue weighted by Crippen LogP contribution is 2.20. The van der Waals surface area contributed by atoms with Crippen molar-refractivity contribution in [2.24, 2.45) is 0 Å². The molecule has 0 aliphatic heterocycles. The average molecular weight is 267 g/mol. The Morgan fingerprint density at radius 1 is 1.20 bits per heavy atom. The lowest BCUT2D eigenvalue weighted by Gasteiger charge is -2.07. The molecule has 1 N–H and O–H groups in total. The maximum absolute atomic E-state index is 9.51. The molecule has 1 aromatic rings. The van der Waals surface area contributed by atoms with E-state index in [0.29, 0.717) is 0 Å². The summed E-state index contributed by atoms with van der Waals surface area (Å²) in [6.07, 6.45) is 0. The van der Waals surface area contributed by atoms with Crippen LogP contribution in [0, 0.1) is 25.7 Å². The highest BCUT2D eigenvalue weighted by molar-refractivity contribution is 9.10. The normalized spacial score (nSPS) is 10.8. The van der Waals surface area contributed by atoms with Gasteiger partial charge in [-0.05, 0) is 44.9 Å². The van der Waals surface area contributed by atoms with E-state index in [4.69, 9.17) is 0 Å². The van der Waals surface area contributed by atoms with Crippen LogP contribution < -0.4 is 0 Å². The van der Waals surface area contributed by atoms with Gasteiger partial charge >= 0.3 is 0 Å². The smallest absolute Gasteiger partial charge is 0.120 e. The van der Waals surface area contributed by atoms with Crippen LogP contribution in [-0.4, -0.2) is 10.7 Å². The third-order valence-electron chi connectivity index (χ3n) is 2.01. The summed E-state index contributed by atoms with van der Waals surface area (Å²) in [5.74, 6) is 5.80. The van der Waals surface area contributed by atoms with Crippen molar-refractivity contribution in [1.29, 1.82) is 0 Å². The summed E-state index contributed by atoms with van der Waals surface area (Å²) in [7, 11) is 0. The Bertz CT molecular complexity index is 430. The number of aliphatic hydroxyl groups is 1. The summed E-state index contributed by atoms with van der Waals surface area (Å²) in [4.78, 5) is 0. The number of halogens is 1. The van der Waals surface area contributed by atoms with Gasteiger partial charge in [0.1, 0.15) is 5.60 Å². The summed E-state index contributed by atoms with van der Waals surface area (Å²) in [5, 5.41) is 9.51. The maximum Gasteiger partial charge on any atom is 0.120 e. The van der Waals surface area contributed by atoms with Gasteiger partial charge in [0.2, 0.25) is 0 Å². The predicted octanol–water partition coefficient (Wildman–Crippen LogP) is 3.19. The largest absolute Gasteiger partial charge is 0.378 e. The second kappa shape index (κ2) is 4.38. The van der Waals surface area contributed by atoms with Crippen LogP contribution in [0.1, 0.15) is 30.5 Å². The molecule has 0 spiro atoms.